The van der Waals surface area contributed by atoms with E-state index in [1.807, 2.05) is 24.3 Å². The lowest BCUT2D eigenvalue weighted by Gasteiger charge is -2.14. The van der Waals surface area contributed by atoms with Crippen molar-refractivity contribution in [1.29, 1.82) is 0 Å². The molecule has 2 atom stereocenters. The van der Waals surface area contributed by atoms with Gasteiger partial charge in [-0.25, -0.2) is 4.98 Å². The molecular weight excluding hydrogens is 369 g/mol. The molecule has 4 rings (SSSR count). The van der Waals surface area contributed by atoms with E-state index >= 15 is 0 Å². The van der Waals surface area contributed by atoms with Gasteiger partial charge in [0, 0.05) is 27.6 Å². The van der Waals surface area contributed by atoms with Crippen LogP contribution in [0.3, 0.4) is 0 Å². The minimum Gasteiger partial charge on any atom is -0.441 e. The van der Waals surface area contributed by atoms with Crippen LogP contribution in [0, 0.1) is 5.92 Å². The Morgan fingerprint density at radius 1 is 1.15 bits per heavy atom. The number of rotatable bonds is 3. The van der Waals surface area contributed by atoms with E-state index in [2.05, 4.69) is 11.9 Å². The number of halogens is 2. The van der Waals surface area contributed by atoms with Crippen LogP contribution < -0.4 is 0 Å². The van der Waals surface area contributed by atoms with E-state index in [1.165, 1.54) is 0 Å². The summed E-state index contributed by atoms with van der Waals surface area (Å²) >= 11 is 12.2. The molecule has 0 saturated carbocycles. The minimum atomic E-state index is -0.839. The van der Waals surface area contributed by atoms with Gasteiger partial charge in [0.2, 0.25) is 5.89 Å². The molecule has 3 aromatic rings. The quantitative estimate of drug-likeness (QED) is 0.612. The third-order valence-corrected chi connectivity index (χ3v) is 5.49. The number of benzene rings is 2. The highest BCUT2D eigenvalue weighted by Crippen LogP contribution is 2.33. The van der Waals surface area contributed by atoms with Crippen LogP contribution in [0.2, 0.25) is 10.0 Å². The van der Waals surface area contributed by atoms with E-state index in [0.29, 0.717) is 27.4 Å². The Morgan fingerprint density at radius 2 is 1.92 bits per heavy atom. The van der Waals surface area contributed by atoms with Gasteiger partial charge in [-0.1, -0.05) is 42.3 Å². The Morgan fingerprint density at radius 3 is 2.69 bits per heavy atom. The minimum absolute atomic E-state index is 0.487. The van der Waals surface area contributed by atoms with Crippen molar-refractivity contribution in [2.24, 2.45) is 5.92 Å². The highest BCUT2D eigenvalue weighted by atomic mass is 35.5. The van der Waals surface area contributed by atoms with Crippen LogP contribution in [0.25, 0.3) is 11.5 Å². The van der Waals surface area contributed by atoms with E-state index in [-0.39, 0.29) is 0 Å². The first-order chi connectivity index (χ1) is 12.5. The molecule has 1 heterocycles. The zero-order valence-electron chi connectivity index (χ0n) is 14.4. The second-order valence-corrected chi connectivity index (χ2v) is 7.77. The van der Waals surface area contributed by atoms with Crippen LogP contribution in [0.5, 0.6) is 0 Å². The van der Waals surface area contributed by atoms with Crippen molar-refractivity contribution < 1.29 is 9.52 Å². The molecule has 3 nitrogen and oxygen atoms in total. The van der Waals surface area contributed by atoms with Crippen LogP contribution in [0.15, 0.2) is 46.9 Å². The molecule has 2 unspecified atom stereocenters. The first kappa shape index (κ1) is 17.6. The molecule has 1 aromatic heterocycles. The highest BCUT2D eigenvalue weighted by molar-refractivity contribution is 6.33. The summed E-state index contributed by atoms with van der Waals surface area (Å²) < 4.78 is 5.97. The van der Waals surface area contributed by atoms with Crippen molar-refractivity contribution >= 4 is 23.2 Å². The Kier molecular flexibility index (Phi) is 4.78. The molecular formula is C21H19Cl2NO2. The van der Waals surface area contributed by atoms with Gasteiger partial charge in [0.15, 0.2) is 0 Å². The van der Waals surface area contributed by atoms with Gasteiger partial charge in [0.05, 0.1) is 5.69 Å². The average Bonchev–Trinajstić information content (AvgIpc) is 3.06. The molecule has 0 amide bonds. The Bertz CT molecular complexity index is 934. The van der Waals surface area contributed by atoms with Gasteiger partial charge >= 0.3 is 0 Å². The molecule has 5 heteroatoms. The number of aliphatic hydroxyl groups excluding tert-OH is 1. The summed E-state index contributed by atoms with van der Waals surface area (Å²) in [6.45, 7) is 2.24. The number of fused-ring (bicyclic) bond motifs is 1. The Labute approximate surface area is 162 Å². The third-order valence-electron chi connectivity index (χ3n) is 4.91. The van der Waals surface area contributed by atoms with E-state index in [0.717, 1.165) is 41.8 Å². The second-order valence-electron chi connectivity index (χ2n) is 6.93. The molecule has 134 valence electrons. The van der Waals surface area contributed by atoms with E-state index in [4.69, 9.17) is 27.6 Å². The predicted molar refractivity (Wildman–Crippen MR) is 104 cm³/mol. The molecule has 0 fully saturated rings. The summed E-state index contributed by atoms with van der Waals surface area (Å²) in [5, 5.41) is 11.7. The standard InChI is InChI=1S/C21H19Cl2NO2/c1-12-2-9-18-19(10-12)26-21(24-18)14-5-3-13(4-6-14)20(25)16-11-15(22)7-8-17(16)23/h3-8,11-12,20,25H,2,9-10H2,1H3. The lowest BCUT2D eigenvalue weighted by Crippen LogP contribution is -2.09. The van der Waals surface area contributed by atoms with Gasteiger partial charge in [-0.15, -0.1) is 0 Å². The van der Waals surface area contributed by atoms with Gasteiger partial charge in [-0.05, 0) is 54.7 Å². The van der Waals surface area contributed by atoms with E-state index in [1.54, 1.807) is 18.2 Å². The summed E-state index contributed by atoms with van der Waals surface area (Å²) in [7, 11) is 0. The Hall–Kier alpha value is -1.81. The van der Waals surface area contributed by atoms with Gasteiger partial charge in [0.1, 0.15) is 11.9 Å². The molecule has 1 N–H and O–H groups in total. The van der Waals surface area contributed by atoms with Crippen molar-refractivity contribution in [3.05, 3.63) is 75.1 Å². The molecule has 0 bridgehead atoms. The molecule has 0 saturated heterocycles. The van der Waals surface area contributed by atoms with Crippen LogP contribution in [0.1, 0.15) is 42.0 Å². The normalized spacial score (nSPS) is 17.8. The fraction of sp³-hybridized carbons (Fsp3) is 0.286. The maximum absolute atomic E-state index is 10.6. The van der Waals surface area contributed by atoms with Crippen LogP contribution >= 0.6 is 23.2 Å². The monoisotopic (exact) mass is 387 g/mol. The third kappa shape index (κ3) is 3.39. The van der Waals surface area contributed by atoms with Crippen molar-refractivity contribution in [1.82, 2.24) is 4.98 Å². The summed E-state index contributed by atoms with van der Waals surface area (Å²) in [4.78, 5) is 4.65. The summed E-state index contributed by atoms with van der Waals surface area (Å²) in [6, 6.07) is 12.6. The van der Waals surface area contributed by atoms with Crippen molar-refractivity contribution in [3.63, 3.8) is 0 Å². The largest absolute Gasteiger partial charge is 0.441 e. The summed E-state index contributed by atoms with van der Waals surface area (Å²) in [5.74, 6) is 2.29. The molecule has 0 spiro atoms. The van der Waals surface area contributed by atoms with Gasteiger partial charge in [-0.2, -0.15) is 0 Å². The number of aromatic nitrogens is 1. The maximum Gasteiger partial charge on any atom is 0.226 e. The zero-order valence-corrected chi connectivity index (χ0v) is 15.9. The van der Waals surface area contributed by atoms with Gasteiger partial charge in [-0.3, -0.25) is 0 Å². The number of hydrogen-bond donors (Lipinski definition) is 1. The van der Waals surface area contributed by atoms with Crippen LogP contribution in [0.4, 0.5) is 0 Å². The SMILES string of the molecule is CC1CCc2nc(-c3ccc(C(O)c4cc(Cl)ccc4Cl)cc3)oc2C1. The lowest BCUT2D eigenvalue weighted by molar-refractivity contribution is 0.220. The number of hydrogen-bond acceptors (Lipinski definition) is 3. The predicted octanol–water partition coefficient (Wildman–Crippen LogP) is 5.85. The molecule has 2 aromatic carbocycles. The number of aliphatic hydroxyl groups is 1. The van der Waals surface area contributed by atoms with Crippen molar-refractivity contribution in [3.8, 4) is 11.5 Å². The van der Waals surface area contributed by atoms with E-state index in [9.17, 15) is 5.11 Å². The van der Waals surface area contributed by atoms with Crippen molar-refractivity contribution in [2.75, 3.05) is 0 Å². The zero-order chi connectivity index (χ0) is 18.3. The lowest BCUT2D eigenvalue weighted by atomic mass is 9.92. The summed E-state index contributed by atoms with van der Waals surface area (Å²) in [5.41, 5.74) is 3.31. The Balaban J connectivity index is 1.60. The van der Waals surface area contributed by atoms with Crippen LogP contribution in [-0.4, -0.2) is 10.1 Å². The molecule has 26 heavy (non-hydrogen) atoms. The molecule has 1 aliphatic carbocycles. The summed E-state index contributed by atoms with van der Waals surface area (Å²) in [6.07, 6.45) is 2.25. The molecule has 0 radical (unpaired) electrons. The number of nitrogens with zero attached hydrogens (tertiary/aromatic N) is 1. The highest BCUT2D eigenvalue weighted by Gasteiger charge is 2.22. The van der Waals surface area contributed by atoms with Gasteiger partial charge < -0.3 is 9.52 Å². The smallest absolute Gasteiger partial charge is 0.226 e. The molecule has 0 aliphatic heterocycles. The number of aryl methyl sites for hydroxylation is 1. The van der Waals surface area contributed by atoms with Gasteiger partial charge in [0.25, 0.3) is 0 Å². The molecule has 1 aliphatic rings. The fourth-order valence-electron chi connectivity index (χ4n) is 3.37. The average molecular weight is 388 g/mol. The first-order valence-corrected chi connectivity index (χ1v) is 9.49. The topological polar surface area (TPSA) is 46.3 Å². The van der Waals surface area contributed by atoms with Crippen molar-refractivity contribution in [2.45, 2.75) is 32.3 Å². The van der Waals surface area contributed by atoms with E-state index < -0.39 is 6.10 Å². The van der Waals surface area contributed by atoms with Crippen LogP contribution in [-0.2, 0) is 12.8 Å². The second kappa shape index (κ2) is 7.07. The first-order valence-electron chi connectivity index (χ1n) is 8.73. The maximum atomic E-state index is 10.6. The number of oxazole rings is 1. The fourth-order valence-corrected chi connectivity index (χ4v) is 3.78.